The normalized spacial score (nSPS) is 14.6. The monoisotopic (exact) mass is 349 g/mol. The van der Waals surface area contributed by atoms with Crippen LogP contribution in [0.2, 0.25) is 0 Å². The third kappa shape index (κ3) is 3.92. The number of nitrogens with zero attached hydrogens (tertiary/aromatic N) is 2. The number of hydrogen-bond donors (Lipinski definition) is 1. The summed E-state index contributed by atoms with van der Waals surface area (Å²) in [6.45, 7) is 3.32. The van der Waals surface area contributed by atoms with E-state index in [1.54, 1.807) is 19.1 Å². The molecule has 0 radical (unpaired) electrons. The number of aryl methyl sites for hydroxylation is 1. The molecule has 1 aliphatic heterocycles. The van der Waals surface area contributed by atoms with Crippen molar-refractivity contribution in [3.8, 4) is 0 Å². The van der Waals surface area contributed by atoms with Gasteiger partial charge in [0.1, 0.15) is 0 Å². The molecule has 132 valence electrons. The van der Waals surface area contributed by atoms with E-state index in [0.717, 1.165) is 43.8 Å². The molecule has 4 nitrogen and oxygen atoms in total. The number of benzene rings is 1. The summed E-state index contributed by atoms with van der Waals surface area (Å²) >= 11 is 0. The Kier molecular flexibility index (Phi) is 4.65. The van der Waals surface area contributed by atoms with Gasteiger partial charge in [0, 0.05) is 25.0 Å². The van der Waals surface area contributed by atoms with Gasteiger partial charge in [0.05, 0.1) is 22.5 Å². The van der Waals surface area contributed by atoms with Gasteiger partial charge in [0.15, 0.2) is 0 Å². The number of halogens is 3. The molecule has 2 heterocycles. The van der Waals surface area contributed by atoms with Crippen molar-refractivity contribution in [3.63, 3.8) is 0 Å². The molecule has 1 aromatic carbocycles. The number of amides is 1. The average Bonchev–Trinajstić information content (AvgIpc) is 3.08. The molecule has 3 rings (SSSR count). The van der Waals surface area contributed by atoms with Crippen LogP contribution in [0.3, 0.4) is 0 Å². The molecule has 0 aliphatic carbocycles. The van der Waals surface area contributed by atoms with Crippen molar-refractivity contribution in [2.75, 3.05) is 23.3 Å². The molecule has 0 spiro atoms. The molecule has 7 heteroatoms. The fourth-order valence-electron chi connectivity index (χ4n) is 2.84. The molecule has 1 N–H and O–H groups in total. The van der Waals surface area contributed by atoms with Gasteiger partial charge in [0.25, 0.3) is 5.91 Å². The second-order valence-corrected chi connectivity index (χ2v) is 6.07. The van der Waals surface area contributed by atoms with E-state index in [4.69, 9.17) is 0 Å². The lowest BCUT2D eigenvalue weighted by Gasteiger charge is -2.23. The summed E-state index contributed by atoms with van der Waals surface area (Å²) in [5.74, 6) is -0.479. The number of rotatable bonds is 3. The van der Waals surface area contributed by atoms with E-state index >= 15 is 0 Å². The Morgan fingerprint density at radius 3 is 2.48 bits per heavy atom. The van der Waals surface area contributed by atoms with E-state index in [0.29, 0.717) is 11.3 Å². The van der Waals surface area contributed by atoms with Gasteiger partial charge in [-0.2, -0.15) is 13.2 Å². The van der Waals surface area contributed by atoms with Crippen LogP contribution in [0.4, 0.5) is 24.5 Å². The minimum Gasteiger partial charge on any atom is -0.370 e. The van der Waals surface area contributed by atoms with E-state index in [1.165, 1.54) is 12.3 Å². The maximum Gasteiger partial charge on any atom is 0.416 e. The van der Waals surface area contributed by atoms with Gasteiger partial charge in [-0.3, -0.25) is 9.78 Å². The lowest BCUT2D eigenvalue weighted by Crippen LogP contribution is -2.22. The molecule has 2 aromatic rings. The standard InChI is InChI=1S/C18H18F3N3O/c1-12-4-5-13(11-22-12)17(25)23-15-10-14(18(19,20)21)6-7-16(15)24-8-2-3-9-24/h4-7,10-11H,2-3,8-9H2,1H3,(H,23,25). The van der Waals surface area contributed by atoms with Gasteiger partial charge in [-0.25, -0.2) is 0 Å². The van der Waals surface area contributed by atoms with E-state index in [-0.39, 0.29) is 5.69 Å². The number of carbonyl (C=O) groups excluding carboxylic acids is 1. The topological polar surface area (TPSA) is 45.2 Å². The van der Waals surface area contributed by atoms with Crippen LogP contribution in [0.5, 0.6) is 0 Å². The summed E-state index contributed by atoms with van der Waals surface area (Å²) in [4.78, 5) is 18.4. The van der Waals surface area contributed by atoms with Crippen LogP contribution in [0, 0.1) is 6.92 Å². The van der Waals surface area contributed by atoms with Crippen LogP contribution in [-0.2, 0) is 6.18 Å². The van der Waals surface area contributed by atoms with E-state index in [1.807, 2.05) is 4.90 Å². The van der Waals surface area contributed by atoms with Gasteiger partial charge in [-0.15, -0.1) is 0 Å². The third-order valence-electron chi connectivity index (χ3n) is 4.19. The molecule has 0 saturated carbocycles. The molecule has 0 bridgehead atoms. The predicted molar refractivity (Wildman–Crippen MR) is 89.8 cm³/mol. The van der Waals surface area contributed by atoms with Gasteiger partial charge in [0.2, 0.25) is 0 Å². The molecular weight excluding hydrogens is 331 g/mol. The summed E-state index contributed by atoms with van der Waals surface area (Å²) in [7, 11) is 0. The summed E-state index contributed by atoms with van der Waals surface area (Å²) in [5, 5.41) is 2.62. The van der Waals surface area contributed by atoms with Crippen LogP contribution in [-0.4, -0.2) is 24.0 Å². The second-order valence-electron chi connectivity index (χ2n) is 6.07. The number of hydrogen-bond acceptors (Lipinski definition) is 3. The van der Waals surface area contributed by atoms with Crippen LogP contribution in [0.15, 0.2) is 36.5 Å². The zero-order valence-electron chi connectivity index (χ0n) is 13.7. The van der Waals surface area contributed by atoms with Crippen molar-refractivity contribution < 1.29 is 18.0 Å². The molecule has 1 aliphatic rings. The van der Waals surface area contributed by atoms with Crippen molar-refractivity contribution >= 4 is 17.3 Å². The zero-order valence-corrected chi connectivity index (χ0v) is 13.7. The first-order valence-corrected chi connectivity index (χ1v) is 8.05. The van der Waals surface area contributed by atoms with Crippen LogP contribution >= 0.6 is 0 Å². The highest BCUT2D eigenvalue weighted by Crippen LogP contribution is 2.36. The van der Waals surface area contributed by atoms with Crippen LogP contribution < -0.4 is 10.2 Å². The largest absolute Gasteiger partial charge is 0.416 e. The summed E-state index contributed by atoms with van der Waals surface area (Å²) in [6, 6.07) is 6.75. The van der Waals surface area contributed by atoms with E-state index < -0.39 is 17.6 Å². The molecule has 0 atom stereocenters. The molecule has 1 aromatic heterocycles. The Morgan fingerprint density at radius 1 is 1.16 bits per heavy atom. The average molecular weight is 349 g/mol. The van der Waals surface area contributed by atoms with Gasteiger partial charge in [-0.05, 0) is 50.1 Å². The lowest BCUT2D eigenvalue weighted by molar-refractivity contribution is -0.137. The summed E-state index contributed by atoms with van der Waals surface area (Å²) in [6.07, 6.45) is -1.09. The predicted octanol–water partition coefficient (Wildman–Crippen LogP) is 4.26. The quantitative estimate of drug-likeness (QED) is 0.900. The Labute approximate surface area is 143 Å². The zero-order chi connectivity index (χ0) is 18.0. The first-order valence-electron chi connectivity index (χ1n) is 8.05. The highest BCUT2D eigenvalue weighted by molar-refractivity contribution is 6.05. The van der Waals surface area contributed by atoms with Crippen LogP contribution in [0.1, 0.15) is 34.5 Å². The first-order chi connectivity index (χ1) is 11.8. The van der Waals surface area contributed by atoms with Crippen LogP contribution in [0.25, 0.3) is 0 Å². The van der Waals surface area contributed by atoms with Crippen molar-refractivity contribution in [3.05, 3.63) is 53.3 Å². The number of pyridine rings is 1. The Bertz CT molecular complexity index is 766. The Morgan fingerprint density at radius 2 is 1.88 bits per heavy atom. The fourth-order valence-corrected chi connectivity index (χ4v) is 2.84. The van der Waals surface area contributed by atoms with Gasteiger partial charge in [-0.1, -0.05) is 0 Å². The minimum atomic E-state index is -4.46. The highest BCUT2D eigenvalue weighted by Gasteiger charge is 2.32. The van der Waals surface area contributed by atoms with Crippen molar-refractivity contribution in [2.24, 2.45) is 0 Å². The molecular formula is C18H18F3N3O. The smallest absolute Gasteiger partial charge is 0.370 e. The summed E-state index contributed by atoms with van der Waals surface area (Å²) < 4.78 is 39.1. The second kappa shape index (κ2) is 6.74. The van der Waals surface area contributed by atoms with Gasteiger partial charge < -0.3 is 10.2 Å². The third-order valence-corrected chi connectivity index (χ3v) is 4.19. The number of nitrogens with one attached hydrogen (secondary N) is 1. The van der Waals surface area contributed by atoms with Gasteiger partial charge >= 0.3 is 6.18 Å². The van der Waals surface area contributed by atoms with E-state index in [2.05, 4.69) is 10.3 Å². The summed E-state index contributed by atoms with van der Waals surface area (Å²) in [5.41, 5.74) is 1.05. The maximum atomic E-state index is 13.0. The maximum absolute atomic E-state index is 13.0. The molecule has 1 fully saturated rings. The SMILES string of the molecule is Cc1ccc(C(=O)Nc2cc(C(F)(F)F)ccc2N2CCCC2)cn1. The Balaban J connectivity index is 1.93. The first kappa shape index (κ1) is 17.3. The number of anilines is 2. The Hall–Kier alpha value is -2.57. The molecule has 0 unspecified atom stereocenters. The van der Waals surface area contributed by atoms with Crippen molar-refractivity contribution in [2.45, 2.75) is 25.9 Å². The number of aromatic nitrogens is 1. The lowest BCUT2D eigenvalue weighted by atomic mass is 10.1. The molecule has 25 heavy (non-hydrogen) atoms. The highest BCUT2D eigenvalue weighted by atomic mass is 19.4. The van der Waals surface area contributed by atoms with E-state index in [9.17, 15) is 18.0 Å². The molecule has 1 amide bonds. The minimum absolute atomic E-state index is 0.169. The molecule has 1 saturated heterocycles. The van der Waals surface area contributed by atoms with Crippen molar-refractivity contribution in [1.82, 2.24) is 4.98 Å². The number of carbonyl (C=O) groups is 1. The van der Waals surface area contributed by atoms with Crippen molar-refractivity contribution in [1.29, 1.82) is 0 Å². The fraction of sp³-hybridized carbons (Fsp3) is 0.333. The number of alkyl halides is 3.